The van der Waals surface area contributed by atoms with E-state index in [4.69, 9.17) is 0 Å². The summed E-state index contributed by atoms with van der Waals surface area (Å²) in [5, 5.41) is 10.4. The largest absolute Gasteiger partial charge is 0.380 e. The van der Waals surface area contributed by atoms with Crippen LogP contribution in [0.25, 0.3) is 0 Å². The molecule has 0 aromatic heterocycles. The maximum atomic E-state index is 12.5. The lowest BCUT2D eigenvalue weighted by molar-refractivity contribution is 0.0739. The van der Waals surface area contributed by atoms with Crippen molar-refractivity contribution in [1.29, 1.82) is 0 Å². The van der Waals surface area contributed by atoms with Gasteiger partial charge < -0.3 is 5.11 Å². The van der Waals surface area contributed by atoms with Gasteiger partial charge in [-0.1, -0.05) is 36.4 Å². The van der Waals surface area contributed by atoms with Crippen molar-refractivity contribution in [2.45, 2.75) is 15.9 Å². The van der Waals surface area contributed by atoms with Crippen LogP contribution in [0.4, 0.5) is 0 Å². The highest BCUT2D eigenvalue weighted by molar-refractivity contribution is 7.98. The molecule has 0 saturated heterocycles. The first-order valence-electron chi connectivity index (χ1n) is 6.17. The zero-order chi connectivity index (χ0) is 14.5. The van der Waals surface area contributed by atoms with Crippen LogP contribution in [0.2, 0.25) is 0 Å². The molecular weight excluding hydrogens is 288 g/mol. The Kier molecular flexibility index (Phi) is 5.29. The molecule has 0 aliphatic heterocycles. The van der Waals surface area contributed by atoms with Crippen LogP contribution in [0.5, 0.6) is 0 Å². The van der Waals surface area contributed by atoms with Crippen molar-refractivity contribution in [3.8, 4) is 0 Å². The molecule has 2 rings (SSSR count). The molecule has 0 spiro atoms. The van der Waals surface area contributed by atoms with Gasteiger partial charge >= 0.3 is 0 Å². The molecule has 0 fully saturated rings. The number of hydrogen-bond acceptors (Lipinski definition) is 4. The number of ketones is 1. The summed E-state index contributed by atoms with van der Waals surface area (Å²) in [6.45, 7) is 0. The summed E-state index contributed by atoms with van der Waals surface area (Å²) in [4.78, 5) is 14.3. The van der Waals surface area contributed by atoms with Gasteiger partial charge in [-0.2, -0.15) is 0 Å². The topological polar surface area (TPSA) is 37.3 Å². The Morgan fingerprint density at radius 1 is 0.950 bits per heavy atom. The fourth-order valence-corrected chi connectivity index (χ4v) is 3.26. The summed E-state index contributed by atoms with van der Waals surface area (Å²) >= 11 is 3.04. The first-order chi connectivity index (χ1) is 9.69. The van der Waals surface area contributed by atoms with Crippen molar-refractivity contribution in [3.63, 3.8) is 0 Å². The third-order valence-corrected chi connectivity index (χ3v) is 4.66. The van der Waals surface area contributed by atoms with Crippen molar-refractivity contribution in [2.75, 3.05) is 12.5 Å². The van der Waals surface area contributed by atoms with Crippen LogP contribution >= 0.6 is 23.5 Å². The zero-order valence-corrected chi connectivity index (χ0v) is 13.0. The second-order valence-corrected chi connectivity index (χ2v) is 5.91. The Labute approximate surface area is 127 Å². The monoisotopic (exact) mass is 304 g/mol. The zero-order valence-electron chi connectivity index (χ0n) is 11.4. The average Bonchev–Trinajstić information content (AvgIpc) is 2.53. The Morgan fingerprint density at radius 2 is 1.50 bits per heavy atom. The average molecular weight is 304 g/mol. The summed E-state index contributed by atoms with van der Waals surface area (Å²) < 4.78 is 0. The van der Waals surface area contributed by atoms with Gasteiger partial charge in [0, 0.05) is 20.9 Å². The number of carbonyl (C=O) groups is 1. The van der Waals surface area contributed by atoms with Crippen LogP contribution in [-0.2, 0) is 0 Å². The molecule has 2 aromatic carbocycles. The molecule has 1 unspecified atom stereocenters. The minimum atomic E-state index is -1.12. The van der Waals surface area contributed by atoms with E-state index in [1.807, 2.05) is 48.9 Å². The van der Waals surface area contributed by atoms with E-state index in [-0.39, 0.29) is 5.78 Å². The molecule has 0 bridgehead atoms. The van der Waals surface area contributed by atoms with Gasteiger partial charge in [0.1, 0.15) is 6.10 Å². The second kappa shape index (κ2) is 6.97. The molecule has 0 heterocycles. The summed E-state index contributed by atoms with van der Waals surface area (Å²) in [5.41, 5.74) is 1.24. The van der Waals surface area contributed by atoms with Gasteiger partial charge in [0.15, 0.2) is 5.78 Å². The van der Waals surface area contributed by atoms with Crippen molar-refractivity contribution in [1.82, 2.24) is 0 Å². The Balaban J connectivity index is 2.38. The summed E-state index contributed by atoms with van der Waals surface area (Å²) in [7, 11) is 0. The van der Waals surface area contributed by atoms with Crippen molar-refractivity contribution >= 4 is 29.3 Å². The standard InChI is InChI=1S/C16H16O2S2/c1-19-13-9-5-3-7-11(13)15(17)16(18)12-8-4-6-10-14(12)20-2/h3-10,15,17H,1-2H3. The summed E-state index contributed by atoms with van der Waals surface area (Å²) in [6.07, 6.45) is 2.74. The van der Waals surface area contributed by atoms with E-state index in [1.165, 1.54) is 23.5 Å². The van der Waals surface area contributed by atoms with E-state index in [1.54, 1.807) is 12.1 Å². The van der Waals surface area contributed by atoms with Gasteiger partial charge in [-0.05, 0) is 24.6 Å². The molecule has 2 nitrogen and oxygen atoms in total. The molecule has 1 N–H and O–H groups in total. The molecule has 1 atom stereocenters. The second-order valence-electron chi connectivity index (χ2n) is 4.21. The number of Topliss-reactive ketones (excluding diaryl/α,β-unsaturated/α-hetero) is 1. The molecule has 4 heteroatoms. The van der Waals surface area contributed by atoms with Gasteiger partial charge in [0.2, 0.25) is 0 Å². The number of carbonyl (C=O) groups excluding carboxylic acids is 1. The minimum absolute atomic E-state index is 0.253. The highest BCUT2D eigenvalue weighted by Gasteiger charge is 2.23. The molecule has 0 amide bonds. The molecule has 0 aliphatic rings. The lowest BCUT2D eigenvalue weighted by atomic mass is 10.00. The first-order valence-corrected chi connectivity index (χ1v) is 8.62. The quantitative estimate of drug-likeness (QED) is 0.668. The normalized spacial score (nSPS) is 12.2. The van der Waals surface area contributed by atoms with Crippen molar-refractivity contribution in [3.05, 3.63) is 59.7 Å². The van der Waals surface area contributed by atoms with Crippen LogP contribution in [-0.4, -0.2) is 23.4 Å². The minimum Gasteiger partial charge on any atom is -0.380 e. The summed E-state index contributed by atoms with van der Waals surface area (Å²) in [5.74, 6) is -0.253. The number of aliphatic hydroxyl groups excluding tert-OH is 1. The molecule has 0 aliphatic carbocycles. The third-order valence-electron chi connectivity index (χ3n) is 3.05. The molecule has 20 heavy (non-hydrogen) atoms. The number of thioether (sulfide) groups is 2. The lowest BCUT2D eigenvalue weighted by Crippen LogP contribution is -2.14. The summed E-state index contributed by atoms with van der Waals surface area (Å²) in [6, 6.07) is 14.8. The Hall–Kier alpha value is -1.23. The number of rotatable bonds is 5. The van der Waals surface area contributed by atoms with Gasteiger partial charge in [-0.3, -0.25) is 4.79 Å². The number of hydrogen-bond donors (Lipinski definition) is 1. The predicted octanol–water partition coefficient (Wildman–Crippen LogP) is 4.05. The van der Waals surface area contributed by atoms with E-state index in [2.05, 4.69) is 0 Å². The highest BCUT2D eigenvalue weighted by Crippen LogP contribution is 2.30. The maximum Gasteiger partial charge on any atom is 0.196 e. The predicted molar refractivity (Wildman–Crippen MR) is 85.7 cm³/mol. The van der Waals surface area contributed by atoms with Crippen LogP contribution < -0.4 is 0 Å². The smallest absolute Gasteiger partial charge is 0.196 e. The molecule has 104 valence electrons. The van der Waals surface area contributed by atoms with E-state index >= 15 is 0 Å². The Morgan fingerprint density at radius 3 is 2.15 bits per heavy atom. The van der Waals surface area contributed by atoms with Gasteiger partial charge in [0.05, 0.1) is 0 Å². The third kappa shape index (κ3) is 3.08. The van der Waals surface area contributed by atoms with E-state index in [0.717, 1.165) is 9.79 Å². The fourth-order valence-electron chi connectivity index (χ4n) is 2.03. The number of aliphatic hydroxyl groups is 1. The van der Waals surface area contributed by atoms with Crippen molar-refractivity contribution < 1.29 is 9.90 Å². The van der Waals surface area contributed by atoms with Gasteiger partial charge in [-0.15, -0.1) is 23.5 Å². The van der Waals surface area contributed by atoms with Crippen LogP contribution in [0.3, 0.4) is 0 Å². The molecule has 0 radical (unpaired) electrons. The SMILES string of the molecule is CSc1ccccc1C(=O)C(O)c1ccccc1SC. The number of benzene rings is 2. The first kappa shape index (κ1) is 15.2. The molecular formula is C16H16O2S2. The molecule has 2 aromatic rings. The van der Waals surface area contributed by atoms with E-state index in [9.17, 15) is 9.90 Å². The van der Waals surface area contributed by atoms with Crippen LogP contribution in [0.15, 0.2) is 58.3 Å². The van der Waals surface area contributed by atoms with E-state index < -0.39 is 6.10 Å². The van der Waals surface area contributed by atoms with E-state index in [0.29, 0.717) is 11.1 Å². The fraction of sp³-hybridized carbons (Fsp3) is 0.188. The Bertz CT molecular complexity index is 611. The highest BCUT2D eigenvalue weighted by atomic mass is 32.2. The van der Waals surface area contributed by atoms with Gasteiger partial charge in [-0.25, -0.2) is 0 Å². The van der Waals surface area contributed by atoms with Crippen molar-refractivity contribution in [2.24, 2.45) is 0 Å². The molecule has 0 saturated carbocycles. The van der Waals surface area contributed by atoms with Crippen LogP contribution in [0.1, 0.15) is 22.0 Å². The van der Waals surface area contributed by atoms with Gasteiger partial charge in [0.25, 0.3) is 0 Å². The lowest BCUT2D eigenvalue weighted by Gasteiger charge is -2.15. The maximum absolute atomic E-state index is 12.5. The van der Waals surface area contributed by atoms with Crippen LogP contribution in [0, 0.1) is 0 Å².